The minimum Gasteiger partial charge on any atom is -0.469 e. The molecule has 0 aliphatic rings. The topological polar surface area (TPSA) is 90.7 Å². The number of hydrogen-bond acceptors (Lipinski definition) is 6. The molecule has 0 saturated carbocycles. The van der Waals surface area contributed by atoms with Gasteiger partial charge in [-0.1, -0.05) is 32.0 Å². The minimum atomic E-state index is -3.28. The van der Waals surface area contributed by atoms with Crippen LogP contribution in [0.2, 0.25) is 0 Å². The third kappa shape index (κ3) is 6.66. The van der Waals surface area contributed by atoms with Gasteiger partial charge in [0.25, 0.3) is 0 Å². The Kier molecular flexibility index (Phi) is 9.00. The monoisotopic (exact) mass is 502 g/mol. The Labute approximate surface area is 205 Å². The summed E-state index contributed by atoms with van der Waals surface area (Å²) in [5.41, 5.74) is 4.14. The number of aromatic nitrogens is 2. The quantitative estimate of drug-likeness (QED) is 0.287. The Morgan fingerprint density at radius 3 is 2.34 bits per heavy atom. The lowest BCUT2D eigenvalue weighted by molar-refractivity contribution is -0.142. The average Bonchev–Trinajstić information content (AvgIpc) is 3.23. The molecule has 1 unspecified atom stereocenters. The summed E-state index contributed by atoms with van der Waals surface area (Å²) in [6, 6.07) is 15.9. The minimum absolute atomic E-state index is 0.0704. The first kappa shape index (κ1) is 26.8. The number of esters is 1. The van der Waals surface area contributed by atoms with Gasteiger partial charge in [-0.15, -0.1) is 0 Å². The zero-order valence-corrected chi connectivity index (χ0v) is 21.4. The number of halogens is 1. The van der Waals surface area contributed by atoms with E-state index in [9.17, 15) is 18.9 Å². The maximum atomic E-state index is 13.7. The van der Waals surface area contributed by atoms with Crippen LogP contribution in [0.4, 0.5) is 4.39 Å². The van der Waals surface area contributed by atoms with Gasteiger partial charge in [-0.2, -0.15) is 5.10 Å². The molecule has 0 bridgehead atoms. The normalized spacial score (nSPS) is 14.0. The number of benzene rings is 2. The molecule has 1 heterocycles. The van der Waals surface area contributed by atoms with E-state index in [1.807, 2.05) is 48.9 Å². The smallest absolute Gasteiger partial charge is 0.308 e. The number of para-hydroxylation sites is 1. The molecule has 0 fully saturated rings. The van der Waals surface area contributed by atoms with Crippen LogP contribution in [0, 0.1) is 5.82 Å². The summed E-state index contributed by atoms with van der Waals surface area (Å²) in [5, 5.41) is 15.2. The molecule has 1 N–H and O–H groups in total. The van der Waals surface area contributed by atoms with E-state index >= 15 is 0 Å². The van der Waals surface area contributed by atoms with Gasteiger partial charge in [0.05, 0.1) is 42.9 Å². The van der Waals surface area contributed by atoms with Gasteiger partial charge in [0.2, 0.25) is 7.37 Å². The average molecular weight is 503 g/mol. The Hall–Kier alpha value is -2.80. The van der Waals surface area contributed by atoms with Crippen molar-refractivity contribution < 1.29 is 28.1 Å². The van der Waals surface area contributed by atoms with E-state index in [0.717, 1.165) is 28.2 Å². The number of ether oxygens (including phenoxy) is 1. The molecule has 9 heteroatoms. The third-order valence-corrected chi connectivity index (χ3v) is 8.38. The van der Waals surface area contributed by atoms with Crippen molar-refractivity contribution in [1.29, 1.82) is 0 Å². The van der Waals surface area contributed by atoms with Crippen LogP contribution in [0.1, 0.15) is 37.4 Å². The molecule has 0 amide bonds. The second kappa shape index (κ2) is 11.8. The van der Waals surface area contributed by atoms with Gasteiger partial charge in [-0.3, -0.25) is 9.36 Å². The summed E-state index contributed by atoms with van der Waals surface area (Å²) in [4.78, 5) is 11.5. The van der Waals surface area contributed by atoms with Gasteiger partial charge in [-0.25, -0.2) is 9.07 Å². The van der Waals surface area contributed by atoms with E-state index in [-0.39, 0.29) is 30.5 Å². The molecule has 1 aromatic heterocycles. The highest BCUT2D eigenvalue weighted by Gasteiger charge is 2.30. The van der Waals surface area contributed by atoms with Crippen LogP contribution < -0.4 is 0 Å². The predicted octanol–water partition coefficient (Wildman–Crippen LogP) is 5.19. The second-order valence-electron chi connectivity index (χ2n) is 8.71. The van der Waals surface area contributed by atoms with Crippen molar-refractivity contribution in [3.63, 3.8) is 0 Å². The highest BCUT2D eigenvalue weighted by Crippen LogP contribution is 2.48. The molecule has 2 aromatic carbocycles. The van der Waals surface area contributed by atoms with Crippen molar-refractivity contribution in [3.8, 4) is 16.9 Å². The van der Waals surface area contributed by atoms with Crippen LogP contribution >= 0.6 is 7.37 Å². The number of hydrogen-bond donors (Lipinski definition) is 1. The first-order valence-electron chi connectivity index (χ1n) is 11.5. The van der Waals surface area contributed by atoms with Crippen LogP contribution in [0.25, 0.3) is 16.9 Å². The van der Waals surface area contributed by atoms with Crippen LogP contribution in [0.15, 0.2) is 54.6 Å². The lowest BCUT2D eigenvalue weighted by atomic mass is 9.98. The molecule has 0 aliphatic carbocycles. The summed E-state index contributed by atoms with van der Waals surface area (Å²) in [5.74, 6) is -0.848. The molecule has 3 aromatic rings. The molecule has 2 atom stereocenters. The first-order chi connectivity index (χ1) is 16.7. The maximum Gasteiger partial charge on any atom is 0.308 e. The number of aliphatic hydroxyl groups excluding tert-OH is 1. The number of aliphatic hydroxyl groups is 1. The summed E-state index contributed by atoms with van der Waals surface area (Å²) >= 11 is 0. The maximum absolute atomic E-state index is 13.7. The SMILES string of the molecule is COC(=O)C[C@H](O)CP(=O)(CCc1c(C(C)C)nn(-c2ccccc2)c1-c1ccc(F)cc1)OC. The highest BCUT2D eigenvalue weighted by molar-refractivity contribution is 7.59. The van der Waals surface area contributed by atoms with Crippen molar-refractivity contribution >= 4 is 13.3 Å². The summed E-state index contributed by atoms with van der Waals surface area (Å²) in [7, 11) is -0.689. The van der Waals surface area contributed by atoms with Crippen LogP contribution in [-0.2, 0) is 25.0 Å². The largest absolute Gasteiger partial charge is 0.469 e. The van der Waals surface area contributed by atoms with E-state index in [1.54, 1.807) is 12.1 Å². The van der Waals surface area contributed by atoms with Gasteiger partial charge in [0.1, 0.15) is 5.82 Å². The van der Waals surface area contributed by atoms with Crippen molar-refractivity contribution in [2.75, 3.05) is 26.5 Å². The fourth-order valence-corrected chi connectivity index (χ4v) is 5.89. The fourth-order valence-electron chi connectivity index (χ4n) is 4.04. The summed E-state index contributed by atoms with van der Waals surface area (Å²) in [6.07, 6.45) is -1.04. The molecular formula is C26H32FN2O5P. The predicted molar refractivity (Wildman–Crippen MR) is 134 cm³/mol. The highest BCUT2D eigenvalue weighted by atomic mass is 31.2. The standard InChI is InChI=1S/C26H32FN2O5P/c1-18(2)25-23(14-15-35(32,34-4)17-22(30)16-24(31)33-3)26(19-10-12-20(27)13-11-19)29(28-25)21-8-6-5-7-9-21/h5-13,18,22,30H,14-17H2,1-4H3/t22-,35?/m0/s1. The van der Waals surface area contributed by atoms with Crippen molar-refractivity contribution in [3.05, 3.63) is 71.7 Å². The van der Waals surface area contributed by atoms with Crippen molar-refractivity contribution in [1.82, 2.24) is 9.78 Å². The lowest BCUT2D eigenvalue weighted by Crippen LogP contribution is -2.20. The van der Waals surface area contributed by atoms with E-state index in [2.05, 4.69) is 4.74 Å². The van der Waals surface area contributed by atoms with Crippen LogP contribution in [0.3, 0.4) is 0 Å². The van der Waals surface area contributed by atoms with Gasteiger partial charge in [-0.05, 0) is 48.7 Å². The molecule has 0 aliphatic heterocycles. The van der Waals surface area contributed by atoms with Crippen LogP contribution in [0.5, 0.6) is 0 Å². The van der Waals surface area contributed by atoms with Gasteiger partial charge < -0.3 is 14.4 Å². The van der Waals surface area contributed by atoms with Crippen molar-refractivity contribution in [2.45, 2.75) is 38.7 Å². The fraction of sp³-hybridized carbons (Fsp3) is 0.385. The Morgan fingerprint density at radius 1 is 1.11 bits per heavy atom. The van der Waals surface area contributed by atoms with E-state index in [1.165, 1.54) is 26.4 Å². The van der Waals surface area contributed by atoms with Crippen LogP contribution in [-0.4, -0.2) is 53.5 Å². The Morgan fingerprint density at radius 2 is 1.77 bits per heavy atom. The molecule has 7 nitrogen and oxygen atoms in total. The summed E-state index contributed by atoms with van der Waals surface area (Å²) < 4.78 is 39.0. The van der Waals surface area contributed by atoms with Gasteiger partial charge in [0, 0.05) is 24.4 Å². The molecule has 0 spiro atoms. The number of carbonyl (C=O) groups excluding carboxylic acids is 1. The van der Waals surface area contributed by atoms with Crippen molar-refractivity contribution in [2.24, 2.45) is 0 Å². The molecular weight excluding hydrogens is 470 g/mol. The second-order valence-corrected chi connectivity index (χ2v) is 11.5. The third-order valence-electron chi connectivity index (χ3n) is 5.83. The zero-order valence-electron chi connectivity index (χ0n) is 20.5. The molecule has 3 rings (SSSR count). The van der Waals surface area contributed by atoms with Gasteiger partial charge >= 0.3 is 5.97 Å². The number of rotatable bonds is 11. The number of methoxy groups -OCH3 is 1. The lowest BCUT2D eigenvalue weighted by Gasteiger charge is -2.20. The molecule has 35 heavy (non-hydrogen) atoms. The molecule has 0 saturated heterocycles. The van der Waals surface area contributed by atoms with E-state index in [4.69, 9.17) is 9.62 Å². The Balaban J connectivity index is 2.03. The van der Waals surface area contributed by atoms with E-state index in [0.29, 0.717) is 6.42 Å². The number of nitrogens with zero attached hydrogens (tertiary/aromatic N) is 2. The summed E-state index contributed by atoms with van der Waals surface area (Å²) in [6.45, 7) is 4.07. The molecule has 188 valence electrons. The zero-order chi connectivity index (χ0) is 25.6. The number of carbonyl (C=O) groups is 1. The first-order valence-corrected chi connectivity index (χ1v) is 13.5. The molecule has 0 radical (unpaired) electrons. The van der Waals surface area contributed by atoms with E-state index < -0.39 is 19.4 Å². The van der Waals surface area contributed by atoms with Gasteiger partial charge in [0.15, 0.2) is 0 Å². The Bertz CT molecular complexity index is 1180.